The van der Waals surface area contributed by atoms with E-state index >= 15 is 0 Å². The topological polar surface area (TPSA) is 76.7 Å². The molecule has 0 atom stereocenters. The Bertz CT molecular complexity index is 812. The number of esters is 1. The number of hydrogen-bond acceptors (Lipinski definition) is 5. The summed E-state index contributed by atoms with van der Waals surface area (Å²) in [6.45, 7) is 5.94. The third-order valence-electron chi connectivity index (χ3n) is 4.41. The molecule has 0 saturated carbocycles. The standard InChI is InChI=1S/C22H26N2O4/c1-22(2,3)28-20(25)12-13-23-24-21(26)27-14-19-17-10-6-4-8-15(17)16-9-5-7-11-18(16)19/h4-11,19,23H,12-14H2,1-3H3,(H,24,26). The minimum absolute atomic E-state index is 0.0138. The summed E-state index contributed by atoms with van der Waals surface area (Å²) < 4.78 is 10.6. The van der Waals surface area contributed by atoms with Gasteiger partial charge in [-0.2, -0.15) is 0 Å². The molecule has 0 aliphatic heterocycles. The smallest absolute Gasteiger partial charge is 0.421 e. The number of rotatable bonds is 6. The first-order chi connectivity index (χ1) is 13.3. The van der Waals surface area contributed by atoms with Gasteiger partial charge in [0.15, 0.2) is 0 Å². The highest BCUT2D eigenvalue weighted by Crippen LogP contribution is 2.44. The van der Waals surface area contributed by atoms with E-state index in [1.54, 1.807) is 0 Å². The molecule has 1 amide bonds. The van der Waals surface area contributed by atoms with Gasteiger partial charge in [-0.05, 0) is 43.0 Å². The Morgan fingerprint density at radius 2 is 1.54 bits per heavy atom. The number of nitrogens with one attached hydrogen (secondary N) is 2. The van der Waals surface area contributed by atoms with Gasteiger partial charge < -0.3 is 9.47 Å². The quantitative estimate of drug-likeness (QED) is 0.452. The molecule has 0 spiro atoms. The Kier molecular flexibility index (Phi) is 5.99. The number of hydrazine groups is 1. The van der Waals surface area contributed by atoms with Crippen LogP contribution in [0.2, 0.25) is 0 Å². The molecule has 148 valence electrons. The summed E-state index contributed by atoms with van der Waals surface area (Å²) in [4.78, 5) is 23.6. The zero-order valence-corrected chi connectivity index (χ0v) is 16.5. The molecule has 0 bridgehead atoms. The lowest BCUT2D eigenvalue weighted by Gasteiger charge is -2.19. The third kappa shape index (κ3) is 4.89. The van der Waals surface area contributed by atoms with E-state index in [2.05, 4.69) is 35.1 Å². The van der Waals surface area contributed by atoms with E-state index in [1.807, 2.05) is 45.0 Å². The zero-order valence-electron chi connectivity index (χ0n) is 16.5. The van der Waals surface area contributed by atoms with Gasteiger partial charge in [0, 0.05) is 12.5 Å². The highest BCUT2D eigenvalue weighted by atomic mass is 16.6. The van der Waals surface area contributed by atoms with Crippen molar-refractivity contribution in [2.45, 2.75) is 38.7 Å². The fraction of sp³-hybridized carbons (Fsp3) is 0.364. The lowest BCUT2D eigenvalue weighted by atomic mass is 9.98. The van der Waals surface area contributed by atoms with Crippen molar-refractivity contribution < 1.29 is 19.1 Å². The molecule has 6 nitrogen and oxygen atoms in total. The van der Waals surface area contributed by atoms with Crippen molar-refractivity contribution in [1.82, 2.24) is 10.9 Å². The molecule has 2 aromatic rings. The Morgan fingerprint density at radius 1 is 0.964 bits per heavy atom. The maximum absolute atomic E-state index is 12.0. The monoisotopic (exact) mass is 382 g/mol. The molecule has 6 heteroatoms. The molecule has 2 aromatic carbocycles. The molecule has 0 aromatic heterocycles. The van der Waals surface area contributed by atoms with E-state index in [4.69, 9.17) is 9.47 Å². The second kappa shape index (κ2) is 8.44. The molecule has 2 N–H and O–H groups in total. The average Bonchev–Trinajstić information content (AvgIpc) is 2.96. The van der Waals surface area contributed by atoms with E-state index in [0.29, 0.717) is 0 Å². The van der Waals surface area contributed by atoms with E-state index in [1.165, 1.54) is 11.1 Å². The van der Waals surface area contributed by atoms with Crippen molar-refractivity contribution in [3.8, 4) is 11.1 Å². The van der Waals surface area contributed by atoms with Crippen LogP contribution in [0.1, 0.15) is 44.2 Å². The first-order valence-corrected chi connectivity index (χ1v) is 9.41. The van der Waals surface area contributed by atoms with Crippen molar-refractivity contribution in [1.29, 1.82) is 0 Å². The summed E-state index contributed by atoms with van der Waals surface area (Å²) in [6, 6.07) is 16.3. The van der Waals surface area contributed by atoms with Crippen LogP contribution < -0.4 is 10.9 Å². The molecule has 0 radical (unpaired) electrons. The summed E-state index contributed by atoms with van der Waals surface area (Å²) in [7, 11) is 0. The first kappa shape index (κ1) is 19.9. The summed E-state index contributed by atoms with van der Waals surface area (Å²) in [5.41, 5.74) is 9.32. The van der Waals surface area contributed by atoms with E-state index in [9.17, 15) is 9.59 Å². The minimum atomic E-state index is -0.578. The zero-order chi connectivity index (χ0) is 20.1. The highest BCUT2D eigenvalue weighted by molar-refractivity contribution is 5.79. The predicted molar refractivity (Wildman–Crippen MR) is 107 cm³/mol. The fourth-order valence-electron chi connectivity index (χ4n) is 3.33. The average molecular weight is 382 g/mol. The summed E-state index contributed by atoms with van der Waals surface area (Å²) in [5.74, 6) is -0.311. The number of carbonyl (C=O) groups is 2. The Labute approximate surface area is 165 Å². The fourth-order valence-corrected chi connectivity index (χ4v) is 3.33. The van der Waals surface area contributed by atoms with Gasteiger partial charge in [-0.3, -0.25) is 10.2 Å². The molecule has 0 fully saturated rings. The molecule has 0 unspecified atom stereocenters. The molecular formula is C22H26N2O4. The van der Waals surface area contributed by atoms with Crippen LogP contribution in [0.25, 0.3) is 11.1 Å². The van der Waals surface area contributed by atoms with Gasteiger partial charge in [-0.25, -0.2) is 10.2 Å². The largest absolute Gasteiger partial charge is 0.460 e. The molecule has 1 aliphatic rings. The van der Waals surface area contributed by atoms with Crippen molar-refractivity contribution in [2.75, 3.05) is 13.2 Å². The van der Waals surface area contributed by atoms with Gasteiger partial charge in [0.2, 0.25) is 0 Å². The Hall–Kier alpha value is -2.86. The molecule has 1 aliphatic carbocycles. The van der Waals surface area contributed by atoms with Gasteiger partial charge in [-0.1, -0.05) is 48.5 Å². The van der Waals surface area contributed by atoms with Crippen LogP contribution in [0.5, 0.6) is 0 Å². The summed E-state index contributed by atoms with van der Waals surface area (Å²) >= 11 is 0. The van der Waals surface area contributed by atoms with Crippen LogP contribution in [-0.4, -0.2) is 30.8 Å². The van der Waals surface area contributed by atoms with Crippen LogP contribution in [0.3, 0.4) is 0 Å². The normalized spacial score (nSPS) is 12.8. The van der Waals surface area contributed by atoms with Gasteiger partial charge in [0.05, 0.1) is 6.42 Å². The number of benzene rings is 2. The van der Waals surface area contributed by atoms with Gasteiger partial charge in [0.1, 0.15) is 12.2 Å². The third-order valence-corrected chi connectivity index (χ3v) is 4.41. The first-order valence-electron chi connectivity index (χ1n) is 9.41. The summed E-state index contributed by atoms with van der Waals surface area (Å²) in [6.07, 6.45) is -0.424. The van der Waals surface area contributed by atoms with Crippen molar-refractivity contribution in [2.24, 2.45) is 0 Å². The van der Waals surface area contributed by atoms with Gasteiger partial charge >= 0.3 is 12.1 Å². The van der Waals surface area contributed by atoms with Gasteiger partial charge in [-0.15, -0.1) is 0 Å². The maximum atomic E-state index is 12.0. The lowest BCUT2D eigenvalue weighted by molar-refractivity contribution is -0.154. The maximum Gasteiger partial charge on any atom is 0.421 e. The number of fused-ring (bicyclic) bond motifs is 3. The number of ether oxygens (including phenoxy) is 2. The SMILES string of the molecule is CC(C)(C)OC(=O)CCNNC(=O)OCC1c2ccccc2-c2ccccc21. The Balaban J connectivity index is 1.47. The number of amides is 1. The number of carbonyl (C=O) groups excluding carboxylic acids is 2. The second-order valence-corrected chi connectivity index (χ2v) is 7.71. The molecular weight excluding hydrogens is 356 g/mol. The van der Waals surface area contributed by atoms with Crippen LogP contribution in [-0.2, 0) is 14.3 Å². The Morgan fingerprint density at radius 3 is 2.11 bits per heavy atom. The summed E-state index contributed by atoms with van der Waals surface area (Å²) in [5, 5.41) is 0. The van der Waals surface area contributed by atoms with Crippen molar-refractivity contribution >= 4 is 12.1 Å². The van der Waals surface area contributed by atoms with Gasteiger partial charge in [0.25, 0.3) is 0 Å². The van der Waals surface area contributed by atoms with Crippen molar-refractivity contribution in [3.63, 3.8) is 0 Å². The minimum Gasteiger partial charge on any atom is -0.460 e. The van der Waals surface area contributed by atoms with Crippen molar-refractivity contribution in [3.05, 3.63) is 59.7 Å². The predicted octanol–water partition coefficient (Wildman–Crippen LogP) is 3.76. The van der Waals surface area contributed by atoms with E-state index in [0.717, 1.165) is 11.1 Å². The number of hydrogen-bond donors (Lipinski definition) is 2. The molecule has 28 heavy (non-hydrogen) atoms. The van der Waals surface area contributed by atoms with Crippen LogP contribution in [0.4, 0.5) is 4.79 Å². The molecule has 3 rings (SSSR count). The van der Waals surface area contributed by atoms with E-state index in [-0.39, 0.29) is 31.5 Å². The van der Waals surface area contributed by atoms with Crippen LogP contribution >= 0.6 is 0 Å². The van der Waals surface area contributed by atoms with Crippen LogP contribution in [0.15, 0.2) is 48.5 Å². The lowest BCUT2D eigenvalue weighted by Crippen LogP contribution is -2.40. The van der Waals surface area contributed by atoms with Crippen LogP contribution in [0, 0.1) is 0 Å². The molecule has 0 saturated heterocycles. The van der Waals surface area contributed by atoms with E-state index < -0.39 is 11.7 Å². The second-order valence-electron chi connectivity index (χ2n) is 7.71. The molecule has 0 heterocycles. The highest BCUT2D eigenvalue weighted by Gasteiger charge is 2.28.